The van der Waals surface area contributed by atoms with Crippen LogP contribution in [-0.4, -0.2) is 10.9 Å². The summed E-state index contributed by atoms with van der Waals surface area (Å²) in [4.78, 5) is 17.1. The summed E-state index contributed by atoms with van der Waals surface area (Å²) in [5.74, 6) is 1.09. The van der Waals surface area contributed by atoms with Crippen molar-refractivity contribution in [1.29, 1.82) is 0 Å². The van der Waals surface area contributed by atoms with Crippen LogP contribution in [0.3, 0.4) is 0 Å². The first-order valence-electron chi connectivity index (χ1n) is 8.95. The topological polar surface area (TPSA) is 42.0 Å². The zero-order valence-corrected chi connectivity index (χ0v) is 16.0. The lowest BCUT2D eigenvalue weighted by Crippen LogP contribution is -2.27. The molecule has 1 aliphatic rings. The number of carbonyl (C=O) groups is 1. The third-order valence-electron chi connectivity index (χ3n) is 5.16. The smallest absolute Gasteiger partial charge is 0.229 e. The van der Waals surface area contributed by atoms with Gasteiger partial charge in [0.25, 0.3) is 0 Å². The highest BCUT2D eigenvalue weighted by Gasteiger charge is 2.26. The number of nitrogens with one attached hydrogen (secondary N) is 1. The van der Waals surface area contributed by atoms with E-state index in [1.165, 1.54) is 43.4 Å². The van der Waals surface area contributed by atoms with Crippen LogP contribution in [0.25, 0.3) is 10.2 Å². The molecule has 5 heteroatoms. The Hall–Kier alpha value is -1.13. The molecule has 0 bridgehead atoms. The number of aryl methyl sites for hydroxylation is 1. The Labute approximate surface area is 152 Å². The molecule has 1 aromatic carbocycles. The molecule has 1 fully saturated rings. The van der Waals surface area contributed by atoms with Gasteiger partial charge < -0.3 is 5.32 Å². The van der Waals surface area contributed by atoms with Crippen LogP contribution in [0.2, 0.25) is 5.02 Å². The summed E-state index contributed by atoms with van der Waals surface area (Å²) >= 11 is 7.67. The standard InChI is InChI=1S/C19H25ClN2OS/c1-3-4-5-13-6-8-14(9-7-13)18(23)22-19-21-17-12(2)15(20)10-11-16(17)24-19/h10-11,13-14H,3-9H2,1-2H3,(H,21,22,23). The Kier molecular flexibility index (Phi) is 5.77. The van der Waals surface area contributed by atoms with E-state index in [1.807, 2.05) is 19.1 Å². The van der Waals surface area contributed by atoms with Gasteiger partial charge in [0, 0.05) is 10.9 Å². The third kappa shape index (κ3) is 3.92. The summed E-state index contributed by atoms with van der Waals surface area (Å²) in [6.07, 6.45) is 8.30. The normalized spacial score (nSPS) is 21.1. The lowest BCUT2D eigenvalue weighted by molar-refractivity contribution is -0.121. The first-order chi connectivity index (χ1) is 11.6. The molecule has 24 heavy (non-hydrogen) atoms. The van der Waals surface area contributed by atoms with Gasteiger partial charge in [-0.2, -0.15) is 0 Å². The van der Waals surface area contributed by atoms with Crippen LogP contribution in [0, 0.1) is 18.8 Å². The average molecular weight is 365 g/mol. The van der Waals surface area contributed by atoms with Crippen LogP contribution in [0.15, 0.2) is 12.1 Å². The Morgan fingerprint density at radius 1 is 1.33 bits per heavy atom. The van der Waals surface area contributed by atoms with Crippen molar-refractivity contribution in [3.05, 3.63) is 22.7 Å². The van der Waals surface area contributed by atoms with Gasteiger partial charge in [-0.05, 0) is 56.2 Å². The van der Waals surface area contributed by atoms with Crippen molar-refractivity contribution in [2.24, 2.45) is 11.8 Å². The molecule has 1 aromatic heterocycles. The third-order valence-corrected chi connectivity index (χ3v) is 6.51. The van der Waals surface area contributed by atoms with Crippen LogP contribution in [-0.2, 0) is 4.79 Å². The predicted molar refractivity (Wildman–Crippen MR) is 103 cm³/mol. The van der Waals surface area contributed by atoms with Crippen molar-refractivity contribution < 1.29 is 4.79 Å². The largest absolute Gasteiger partial charge is 0.302 e. The number of hydrogen-bond donors (Lipinski definition) is 1. The molecule has 1 amide bonds. The Bertz CT molecular complexity index is 719. The lowest BCUT2D eigenvalue weighted by atomic mass is 9.79. The maximum atomic E-state index is 12.5. The van der Waals surface area contributed by atoms with Gasteiger partial charge in [-0.25, -0.2) is 4.98 Å². The molecular weight excluding hydrogens is 340 g/mol. The molecule has 1 heterocycles. The lowest BCUT2D eigenvalue weighted by Gasteiger charge is -2.27. The number of nitrogens with zero attached hydrogens (tertiary/aromatic N) is 1. The molecular formula is C19H25ClN2OS. The van der Waals surface area contributed by atoms with Gasteiger partial charge in [0.1, 0.15) is 0 Å². The number of carbonyl (C=O) groups excluding carboxylic acids is 1. The van der Waals surface area contributed by atoms with Crippen molar-refractivity contribution in [3.8, 4) is 0 Å². The predicted octanol–water partition coefficient (Wildman–Crippen LogP) is 6.19. The first-order valence-corrected chi connectivity index (χ1v) is 10.1. The van der Waals surface area contributed by atoms with E-state index in [1.54, 1.807) is 0 Å². The number of rotatable bonds is 5. The van der Waals surface area contributed by atoms with E-state index in [2.05, 4.69) is 17.2 Å². The summed E-state index contributed by atoms with van der Waals surface area (Å²) < 4.78 is 1.07. The number of fused-ring (bicyclic) bond motifs is 1. The molecule has 0 saturated heterocycles. The maximum Gasteiger partial charge on any atom is 0.229 e. The van der Waals surface area contributed by atoms with Crippen molar-refractivity contribution in [2.45, 2.75) is 58.8 Å². The maximum absolute atomic E-state index is 12.5. The van der Waals surface area contributed by atoms with Crippen LogP contribution >= 0.6 is 22.9 Å². The molecule has 0 aliphatic heterocycles. The Balaban J connectivity index is 1.60. The molecule has 0 atom stereocenters. The van der Waals surface area contributed by atoms with Crippen LogP contribution < -0.4 is 5.32 Å². The molecule has 0 unspecified atom stereocenters. The van der Waals surface area contributed by atoms with Gasteiger partial charge >= 0.3 is 0 Å². The van der Waals surface area contributed by atoms with Gasteiger partial charge in [0.05, 0.1) is 10.2 Å². The van der Waals surface area contributed by atoms with Gasteiger partial charge in [-0.3, -0.25) is 4.79 Å². The molecule has 0 radical (unpaired) electrons. The molecule has 1 N–H and O–H groups in total. The minimum absolute atomic E-state index is 0.131. The number of anilines is 1. The second-order valence-corrected chi connectivity index (χ2v) is 8.33. The molecule has 2 aromatic rings. The summed E-state index contributed by atoms with van der Waals surface area (Å²) in [6.45, 7) is 4.21. The zero-order chi connectivity index (χ0) is 17.1. The fourth-order valence-corrected chi connectivity index (χ4v) is 4.65. The summed E-state index contributed by atoms with van der Waals surface area (Å²) in [5, 5.41) is 4.44. The average Bonchev–Trinajstić information content (AvgIpc) is 3.00. The van der Waals surface area contributed by atoms with E-state index in [0.29, 0.717) is 5.13 Å². The van der Waals surface area contributed by atoms with Crippen molar-refractivity contribution in [3.63, 3.8) is 0 Å². The minimum atomic E-state index is 0.131. The van der Waals surface area contributed by atoms with E-state index in [9.17, 15) is 4.79 Å². The van der Waals surface area contributed by atoms with Gasteiger partial charge in [0.15, 0.2) is 5.13 Å². The summed E-state index contributed by atoms with van der Waals surface area (Å²) in [7, 11) is 0. The number of benzene rings is 1. The molecule has 1 aliphatic carbocycles. The fraction of sp³-hybridized carbons (Fsp3) is 0.579. The molecule has 0 spiro atoms. The van der Waals surface area contributed by atoms with Crippen LogP contribution in [0.1, 0.15) is 57.4 Å². The first kappa shape index (κ1) is 17.7. The number of hydrogen-bond acceptors (Lipinski definition) is 3. The van der Waals surface area contributed by atoms with E-state index in [4.69, 9.17) is 11.6 Å². The second kappa shape index (κ2) is 7.83. The van der Waals surface area contributed by atoms with Crippen molar-refractivity contribution in [2.75, 3.05) is 5.32 Å². The molecule has 1 saturated carbocycles. The highest BCUT2D eigenvalue weighted by molar-refractivity contribution is 7.22. The SMILES string of the molecule is CCCCC1CCC(C(=O)Nc2nc3c(C)c(Cl)ccc3s2)CC1. The molecule has 130 valence electrons. The van der Waals surface area contributed by atoms with Crippen LogP contribution in [0.4, 0.5) is 5.13 Å². The van der Waals surface area contributed by atoms with Crippen molar-refractivity contribution >= 4 is 44.2 Å². The van der Waals surface area contributed by atoms with E-state index < -0.39 is 0 Å². The number of thiazole rings is 1. The Morgan fingerprint density at radius 2 is 2.08 bits per heavy atom. The minimum Gasteiger partial charge on any atom is -0.302 e. The summed E-state index contributed by atoms with van der Waals surface area (Å²) in [6, 6.07) is 3.86. The van der Waals surface area contributed by atoms with E-state index in [-0.39, 0.29) is 11.8 Å². The summed E-state index contributed by atoms with van der Waals surface area (Å²) in [5.41, 5.74) is 1.87. The Morgan fingerprint density at radius 3 is 2.79 bits per heavy atom. The van der Waals surface area contributed by atoms with E-state index in [0.717, 1.165) is 39.6 Å². The highest BCUT2D eigenvalue weighted by atomic mass is 35.5. The molecule has 3 nitrogen and oxygen atoms in total. The number of halogens is 1. The van der Waals surface area contributed by atoms with Crippen molar-refractivity contribution in [1.82, 2.24) is 4.98 Å². The quantitative estimate of drug-likeness (QED) is 0.686. The van der Waals surface area contributed by atoms with Gasteiger partial charge in [0.2, 0.25) is 5.91 Å². The monoisotopic (exact) mass is 364 g/mol. The van der Waals surface area contributed by atoms with Gasteiger partial charge in [-0.1, -0.05) is 49.1 Å². The number of aromatic nitrogens is 1. The van der Waals surface area contributed by atoms with Gasteiger partial charge in [-0.15, -0.1) is 0 Å². The fourth-order valence-electron chi connectivity index (χ4n) is 3.57. The van der Waals surface area contributed by atoms with Crippen LogP contribution in [0.5, 0.6) is 0 Å². The number of amides is 1. The highest BCUT2D eigenvalue weighted by Crippen LogP contribution is 2.34. The number of unbranched alkanes of at least 4 members (excludes halogenated alkanes) is 1. The van der Waals surface area contributed by atoms with E-state index >= 15 is 0 Å². The zero-order valence-electron chi connectivity index (χ0n) is 14.4. The molecule has 3 rings (SSSR count). The second-order valence-electron chi connectivity index (χ2n) is 6.89.